The summed E-state index contributed by atoms with van der Waals surface area (Å²) in [6.07, 6.45) is 15.7. The maximum atomic E-state index is 10.7. The molecule has 1 aromatic heterocycles. The summed E-state index contributed by atoms with van der Waals surface area (Å²) in [7, 11) is -1.55. The summed E-state index contributed by atoms with van der Waals surface area (Å²) in [6.45, 7) is 9.15. The Morgan fingerprint density at radius 3 is 1.81 bits per heavy atom. The van der Waals surface area contributed by atoms with Crippen LogP contribution in [-0.2, 0) is 0 Å². The van der Waals surface area contributed by atoms with Crippen molar-refractivity contribution in [3.63, 3.8) is 0 Å². The van der Waals surface area contributed by atoms with Crippen LogP contribution in [0.4, 0.5) is 0 Å². The van der Waals surface area contributed by atoms with Gasteiger partial charge in [0.15, 0.2) is 0 Å². The number of hydrogen-bond acceptors (Lipinski definition) is 2. The molecule has 1 atom stereocenters. The van der Waals surface area contributed by atoms with Crippen LogP contribution in [0.15, 0.2) is 16.7 Å². The van der Waals surface area contributed by atoms with Gasteiger partial charge in [-0.25, -0.2) is 0 Å². The third kappa shape index (κ3) is 7.23. The van der Waals surface area contributed by atoms with Crippen molar-refractivity contribution >= 4 is 13.5 Å². The highest BCUT2D eigenvalue weighted by molar-refractivity contribution is 6.91. The Morgan fingerprint density at radius 1 is 0.808 bits per heavy atom. The van der Waals surface area contributed by atoms with Gasteiger partial charge in [-0.1, -0.05) is 110 Å². The van der Waals surface area contributed by atoms with E-state index in [0.717, 1.165) is 18.4 Å². The Labute approximate surface area is 163 Å². The highest BCUT2D eigenvalue weighted by atomic mass is 28.3. The summed E-state index contributed by atoms with van der Waals surface area (Å²) in [5.74, 6) is 0. The molecule has 3 heteroatoms. The molecule has 1 unspecified atom stereocenters. The Hall–Kier alpha value is -0.543. The van der Waals surface area contributed by atoms with E-state index in [0.29, 0.717) is 0 Å². The average molecular weight is 381 g/mol. The van der Waals surface area contributed by atoms with Gasteiger partial charge in [-0.2, -0.15) is 0 Å². The van der Waals surface area contributed by atoms with E-state index in [9.17, 15) is 5.11 Å². The second-order valence-electron chi connectivity index (χ2n) is 8.03. The molecule has 1 rings (SSSR count). The third-order valence-electron chi connectivity index (χ3n) is 6.40. The summed E-state index contributed by atoms with van der Waals surface area (Å²) in [6, 6.07) is 5.63. The lowest BCUT2D eigenvalue weighted by Crippen LogP contribution is -2.47. The predicted octanol–water partition coefficient (Wildman–Crippen LogP) is 7.34. The standard InChI is InChI=1S/C23H44O2Si/c1-5-9-10-11-12-13-14-15-16-17-18-22(24)21-19-20-25-23(21)26(6-2,7-3)8-4/h19-20,22,24H,5-18H2,1-4H3. The van der Waals surface area contributed by atoms with Crippen LogP contribution in [0.25, 0.3) is 0 Å². The smallest absolute Gasteiger partial charge is 0.132 e. The molecular formula is C23H44O2Si. The van der Waals surface area contributed by atoms with Gasteiger partial charge in [-0.05, 0) is 12.5 Å². The van der Waals surface area contributed by atoms with Crippen molar-refractivity contribution in [1.82, 2.24) is 0 Å². The second kappa shape index (κ2) is 13.6. The quantitative estimate of drug-likeness (QED) is 0.240. The molecule has 152 valence electrons. The van der Waals surface area contributed by atoms with Crippen molar-refractivity contribution in [1.29, 1.82) is 0 Å². The van der Waals surface area contributed by atoms with Crippen LogP contribution in [0.5, 0.6) is 0 Å². The first kappa shape index (κ1) is 23.5. The summed E-state index contributed by atoms with van der Waals surface area (Å²) in [5.41, 5.74) is 1.10. The first-order valence-electron chi connectivity index (χ1n) is 11.4. The van der Waals surface area contributed by atoms with E-state index in [1.54, 1.807) is 6.26 Å². The Balaban J connectivity index is 2.30. The maximum absolute atomic E-state index is 10.7. The SMILES string of the molecule is CCCCCCCCCCCCC(O)c1ccoc1[Si](CC)(CC)CC. The highest BCUT2D eigenvalue weighted by Crippen LogP contribution is 2.27. The molecule has 1 aromatic rings. The Kier molecular flexibility index (Phi) is 12.3. The van der Waals surface area contributed by atoms with Gasteiger partial charge in [0.25, 0.3) is 0 Å². The van der Waals surface area contributed by atoms with E-state index in [1.807, 2.05) is 6.07 Å². The van der Waals surface area contributed by atoms with Crippen LogP contribution in [0, 0.1) is 0 Å². The largest absolute Gasteiger partial charge is 0.474 e. The van der Waals surface area contributed by atoms with E-state index in [2.05, 4.69) is 27.7 Å². The van der Waals surface area contributed by atoms with Crippen LogP contribution in [0.3, 0.4) is 0 Å². The average Bonchev–Trinajstić information content (AvgIpc) is 3.15. The lowest BCUT2D eigenvalue weighted by molar-refractivity contribution is 0.164. The van der Waals surface area contributed by atoms with E-state index < -0.39 is 8.07 Å². The summed E-state index contributed by atoms with van der Waals surface area (Å²) < 4.78 is 5.93. The second-order valence-corrected chi connectivity index (χ2v) is 13.2. The normalized spacial score (nSPS) is 13.3. The van der Waals surface area contributed by atoms with Crippen molar-refractivity contribution in [3.8, 4) is 0 Å². The molecule has 0 bridgehead atoms. The summed E-state index contributed by atoms with van der Waals surface area (Å²) in [4.78, 5) is 0. The first-order chi connectivity index (χ1) is 12.6. The topological polar surface area (TPSA) is 33.4 Å². The van der Waals surface area contributed by atoms with Crippen molar-refractivity contribution in [2.24, 2.45) is 0 Å². The fourth-order valence-electron chi connectivity index (χ4n) is 4.22. The minimum absolute atomic E-state index is 0.339. The highest BCUT2D eigenvalue weighted by Gasteiger charge is 2.36. The Bertz CT molecular complexity index is 443. The van der Waals surface area contributed by atoms with Gasteiger partial charge in [0.1, 0.15) is 8.07 Å². The van der Waals surface area contributed by atoms with E-state index in [-0.39, 0.29) is 6.10 Å². The molecule has 0 aliphatic rings. The molecule has 0 saturated carbocycles. The lowest BCUT2D eigenvalue weighted by atomic mass is 10.0. The van der Waals surface area contributed by atoms with Gasteiger partial charge in [0.05, 0.1) is 17.8 Å². The van der Waals surface area contributed by atoms with Gasteiger partial charge in [0, 0.05) is 5.56 Å². The van der Waals surface area contributed by atoms with Gasteiger partial charge >= 0.3 is 0 Å². The number of rotatable bonds is 16. The minimum Gasteiger partial charge on any atom is -0.474 e. The zero-order valence-corrected chi connectivity index (χ0v) is 19.0. The Morgan fingerprint density at radius 2 is 1.31 bits per heavy atom. The number of hydrogen-bond donors (Lipinski definition) is 1. The van der Waals surface area contributed by atoms with Gasteiger partial charge in [0.2, 0.25) is 0 Å². The number of aliphatic hydroxyl groups excluding tert-OH is 1. The molecule has 0 radical (unpaired) electrons. The zero-order chi connectivity index (χ0) is 19.3. The van der Waals surface area contributed by atoms with Crippen molar-refractivity contribution in [2.45, 2.75) is 123 Å². The van der Waals surface area contributed by atoms with Crippen LogP contribution in [0.1, 0.15) is 110 Å². The first-order valence-corrected chi connectivity index (χ1v) is 14.0. The molecule has 0 aliphatic heterocycles. The number of unbranched alkanes of at least 4 members (excludes halogenated alkanes) is 9. The maximum Gasteiger partial charge on any atom is 0.132 e. The lowest BCUT2D eigenvalue weighted by Gasteiger charge is -2.27. The van der Waals surface area contributed by atoms with Gasteiger partial charge in [-0.3, -0.25) is 0 Å². The van der Waals surface area contributed by atoms with Gasteiger partial charge in [-0.15, -0.1) is 0 Å². The van der Waals surface area contributed by atoms with E-state index in [1.165, 1.54) is 81.3 Å². The molecule has 2 nitrogen and oxygen atoms in total. The molecule has 26 heavy (non-hydrogen) atoms. The molecule has 0 saturated heterocycles. The number of furan rings is 1. The zero-order valence-electron chi connectivity index (χ0n) is 18.0. The molecule has 1 N–H and O–H groups in total. The summed E-state index contributed by atoms with van der Waals surface area (Å²) in [5, 5.41) is 11.9. The van der Waals surface area contributed by atoms with Crippen LogP contribution in [-0.4, -0.2) is 13.2 Å². The molecule has 0 amide bonds. The molecule has 0 spiro atoms. The fourth-order valence-corrected chi connectivity index (χ4v) is 7.87. The van der Waals surface area contributed by atoms with E-state index >= 15 is 0 Å². The molecule has 0 aromatic carbocycles. The number of aliphatic hydroxyl groups is 1. The molecule has 1 heterocycles. The predicted molar refractivity (Wildman–Crippen MR) is 117 cm³/mol. The molecule has 0 aliphatic carbocycles. The van der Waals surface area contributed by atoms with Crippen LogP contribution >= 0.6 is 0 Å². The molecule has 0 fully saturated rings. The van der Waals surface area contributed by atoms with Crippen LogP contribution < -0.4 is 5.38 Å². The van der Waals surface area contributed by atoms with Crippen molar-refractivity contribution < 1.29 is 9.52 Å². The molecular weight excluding hydrogens is 336 g/mol. The third-order valence-corrected chi connectivity index (χ3v) is 11.8. The fraction of sp³-hybridized carbons (Fsp3) is 0.826. The van der Waals surface area contributed by atoms with Crippen molar-refractivity contribution in [3.05, 3.63) is 17.9 Å². The van der Waals surface area contributed by atoms with E-state index in [4.69, 9.17) is 4.42 Å². The summed E-state index contributed by atoms with van der Waals surface area (Å²) >= 11 is 0. The van der Waals surface area contributed by atoms with Crippen molar-refractivity contribution in [2.75, 3.05) is 0 Å². The minimum atomic E-state index is -1.55. The van der Waals surface area contributed by atoms with Gasteiger partial charge < -0.3 is 9.52 Å². The monoisotopic (exact) mass is 380 g/mol. The van der Waals surface area contributed by atoms with Crippen LogP contribution in [0.2, 0.25) is 18.1 Å².